The van der Waals surface area contributed by atoms with Crippen molar-refractivity contribution in [3.8, 4) is 11.8 Å². The van der Waals surface area contributed by atoms with Crippen molar-refractivity contribution in [2.45, 2.75) is 6.92 Å². The maximum Gasteiger partial charge on any atom is 0.271 e. The minimum absolute atomic E-state index is 0.0911. The lowest BCUT2D eigenvalue weighted by molar-refractivity contribution is -0.114. The van der Waals surface area contributed by atoms with E-state index in [2.05, 4.69) is 15.8 Å². The molecule has 0 aromatic heterocycles. The smallest absolute Gasteiger partial charge is 0.271 e. The number of ether oxygens (including phenoxy) is 1. The maximum atomic E-state index is 12.3. The fraction of sp³-hybridized carbons (Fsp3) is 0.0909. The van der Waals surface area contributed by atoms with Crippen molar-refractivity contribution in [1.82, 2.24) is 5.43 Å². The van der Waals surface area contributed by atoms with E-state index in [0.717, 1.165) is 10.8 Å². The normalized spacial score (nSPS) is 10.5. The molecule has 0 aliphatic rings. The van der Waals surface area contributed by atoms with E-state index in [1.807, 2.05) is 36.4 Å². The maximum absolute atomic E-state index is 12.3. The van der Waals surface area contributed by atoms with Crippen molar-refractivity contribution in [3.05, 3.63) is 71.8 Å². The molecule has 29 heavy (non-hydrogen) atoms. The number of nitrogens with zero attached hydrogens (tertiary/aromatic N) is 2. The Labute approximate surface area is 167 Å². The van der Waals surface area contributed by atoms with Crippen LogP contribution >= 0.6 is 0 Å². The first-order valence-electron chi connectivity index (χ1n) is 8.81. The fourth-order valence-electron chi connectivity index (χ4n) is 2.77. The van der Waals surface area contributed by atoms with Gasteiger partial charge in [0.05, 0.1) is 6.21 Å². The van der Waals surface area contributed by atoms with Crippen molar-refractivity contribution in [2.75, 3.05) is 11.9 Å². The monoisotopic (exact) mass is 386 g/mol. The van der Waals surface area contributed by atoms with Gasteiger partial charge < -0.3 is 10.1 Å². The lowest BCUT2D eigenvalue weighted by atomic mass is 10.0. The molecule has 0 fully saturated rings. The van der Waals surface area contributed by atoms with E-state index in [0.29, 0.717) is 22.6 Å². The largest absolute Gasteiger partial charge is 0.478 e. The Morgan fingerprint density at radius 3 is 2.59 bits per heavy atom. The molecule has 3 rings (SSSR count). The van der Waals surface area contributed by atoms with Gasteiger partial charge >= 0.3 is 0 Å². The van der Waals surface area contributed by atoms with E-state index < -0.39 is 5.91 Å². The molecular weight excluding hydrogens is 368 g/mol. The van der Waals surface area contributed by atoms with Crippen LogP contribution in [0.1, 0.15) is 22.8 Å². The zero-order valence-corrected chi connectivity index (χ0v) is 15.7. The number of hydrazone groups is 1. The SMILES string of the molecule is CC(=O)Nc1ccc(C(=O)NN=Cc2c(OCC#N)ccc3ccccc23)cc1. The van der Waals surface area contributed by atoms with Gasteiger partial charge in [-0.3, -0.25) is 9.59 Å². The highest BCUT2D eigenvalue weighted by atomic mass is 16.5. The van der Waals surface area contributed by atoms with Crippen LogP contribution in [0.2, 0.25) is 0 Å². The number of hydrogen-bond acceptors (Lipinski definition) is 5. The molecule has 2 amide bonds. The van der Waals surface area contributed by atoms with Gasteiger partial charge in [0.2, 0.25) is 5.91 Å². The van der Waals surface area contributed by atoms with Crippen molar-refractivity contribution in [2.24, 2.45) is 5.10 Å². The summed E-state index contributed by atoms with van der Waals surface area (Å²) < 4.78 is 5.48. The van der Waals surface area contributed by atoms with Gasteiger partial charge in [0, 0.05) is 23.7 Å². The van der Waals surface area contributed by atoms with Crippen LogP contribution in [0.3, 0.4) is 0 Å². The first kappa shape index (κ1) is 19.6. The third-order valence-corrected chi connectivity index (χ3v) is 4.05. The van der Waals surface area contributed by atoms with E-state index in [1.54, 1.807) is 30.3 Å². The molecule has 0 atom stereocenters. The van der Waals surface area contributed by atoms with Crippen LogP contribution in [0.15, 0.2) is 65.8 Å². The molecular formula is C22H18N4O3. The van der Waals surface area contributed by atoms with Crippen LogP contribution in [-0.2, 0) is 4.79 Å². The number of benzene rings is 3. The molecule has 3 aromatic carbocycles. The molecule has 7 heteroatoms. The zero-order valence-electron chi connectivity index (χ0n) is 15.7. The Kier molecular flexibility index (Phi) is 6.18. The third-order valence-electron chi connectivity index (χ3n) is 4.05. The minimum atomic E-state index is -0.393. The summed E-state index contributed by atoms with van der Waals surface area (Å²) in [7, 11) is 0. The summed E-state index contributed by atoms with van der Waals surface area (Å²) in [4.78, 5) is 23.4. The highest BCUT2D eigenvalue weighted by molar-refractivity contribution is 6.03. The highest BCUT2D eigenvalue weighted by Crippen LogP contribution is 2.26. The predicted molar refractivity (Wildman–Crippen MR) is 111 cm³/mol. The van der Waals surface area contributed by atoms with Gasteiger partial charge in [0.1, 0.15) is 11.8 Å². The molecule has 0 aliphatic carbocycles. The number of anilines is 1. The lowest BCUT2D eigenvalue weighted by Gasteiger charge is -2.09. The van der Waals surface area contributed by atoms with Gasteiger partial charge in [0.15, 0.2) is 6.61 Å². The standard InChI is InChI=1S/C22H18N4O3/c1-15(27)25-18-9-6-17(7-10-18)22(28)26-24-14-20-19-5-3-2-4-16(19)8-11-21(20)29-13-12-23/h2-11,14H,13H2,1H3,(H,25,27)(H,26,28). The van der Waals surface area contributed by atoms with Crippen molar-refractivity contribution >= 4 is 34.5 Å². The molecule has 3 aromatic rings. The molecule has 0 bridgehead atoms. The van der Waals surface area contributed by atoms with E-state index >= 15 is 0 Å². The molecule has 0 heterocycles. The second kappa shape index (κ2) is 9.15. The zero-order chi connectivity index (χ0) is 20.6. The quantitative estimate of drug-likeness (QED) is 0.500. The third kappa shape index (κ3) is 4.96. The average molecular weight is 386 g/mol. The van der Waals surface area contributed by atoms with Crippen molar-refractivity contribution in [3.63, 3.8) is 0 Å². The summed E-state index contributed by atoms with van der Waals surface area (Å²) in [5.41, 5.74) is 4.15. The predicted octanol–water partition coefficient (Wildman–Crippen LogP) is 3.46. The summed E-state index contributed by atoms with van der Waals surface area (Å²) in [5.74, 6) is -0.0745. The Hall–Kier alpha value is -4.18. The Morgan fingerprint density at radius 1 is 1.10 bits per heavy atom. The Bertz CT molecular complexity index is 1120. The second-order valence-corrected chi connectivity index (χ2v) is 6.10. The van der Waals surface area contributed by atoms with Crippen LogP contribution in [0.4, 0.5) is 5.69 Å². The minimum Gasteiger partial charge on any atom is -0.478 e. The van der Waals surface area contributed by atoms with Gasteiger partial charge in [0.25, 0.3) is 5.91 Å². The molecule has 0 spiro atoms. The van der Waals surface area contributed by atoms with Gasteiger partial charge in [-0.05, 0) is 41.1 Å². The average Bonchev–Trinajstić information content (AvgIpc) is 2.73. The number of nitrogens with one attached hydrogen (secondary N) is 2. The molecule has 7 nitrogen and oxygen atoms in total. The summed E-state index contributed by atoms with van der Waals surface area (Å²) in [6, 6.07) is 19.7. The topological polar surface area (TPSA) is 104 Å². The van der Waals surface area contributed by atoms with Crippen LogP contribution in [0, 0.1) is 11.3 Å². The van der Waals surface area contributed by atoms with Gasteiger partial charge in [-0.15, -0.1) is 0 Å². The first-order valence-corrected chi connectivity index (χ1v) is 8.81. The van der Waals surface area contributed by atoms with Gasteiger partial charge in [-0.25, -0.2) is 5.43 Å². The van der Waals surface area contributed by atoms with Crippen molar-refractivity contribution in [1.29, 1.82) is 5.26 Å². The van der Waals surface area contributed by atoms with E-state index in [4.69, 9.17) is 10.00 Å². The summed E-state index contributed by atoms with van der Waals surface area (Å²) in [5, 5.41) is 17.3. The molecule has 0 radical (unpaired) electrons. The highest BCUT2D eigenvalue weighted by Gasteiger charge is 2.08. The number of nitriles is 1. The van der Waals surface area contributed by atoms with Crippen molar-refractivity contribution < 1.29 is 14.3 Å². The fourth-order valence-corrected chi connectivity index (χ4v) is 2.77. The van der Waals surface area contributed by atoms with Crippen LogP contribution in [0.25, 0.3) is 10.8 Å². The summed E-state index contributed by atoms with van der Waals surface area (Å²) in [6.45, 7) is 1.32. The number of amides is 2. The van der Waals surface area contributed by atoms with Gasteiger partial charge in [-0.2, -0.15) is 10.4 Å². The van der Waals surface area contributed by atoms with Crippen LogP contribution in [-0.4, -0.2) is 24.6 Å². The molecule has 2 N–H and O–H groups in total. The van der Waals surface area contributed by atoms with Crippen LogP contribution in [0.5, 0.6) is 5.75 Å². The van der Waals surface area contributed by atoms with E-state index in [-0.39, 0.29) is 12.5 Å². The summed E-state index contributed by atoms with van der Waals surface area (Å²) in [6.07, 6.45) is 1.50. The number of carbonyl (C=O) groups excluding carboxylic acids is 2. The number of rotatable bonds is 6. The number of carbonyl (C=O) groups is 2. The summed E-state index contributed by atoms with van der Waals surface area (Å²) >= 11 is 0. The van der Waals surface area contributed by atoms with E-state index in [9.17, 15) is 9.59 Å². The van der Waals surface area contributed by atoms with Crippen LogP contribution < -0.4 is 15.5 Å². The Balaban J connectivity index is 1.78. The Morgan fingerprint density at radius 2 is 1.86 bits per heavy atom. The molecule has 144 valence electrons. The molecule has 0 aliphatic heterocycles. The molecule has 0 unspecified atom stereocenters. The molecule has 0 saturated carbocycles. The first-order chi connectivity index (χ1) is 14.1. The number of hydrogen-bond donors (Lipinski definition) is 2. The number of fused-ring (bicyclic) bond motifs is 1. The van der Waals surface area contributed by atoms with E-state index in [1.165, 1.54) is 13.1 Å². The molecule has 0 saturated heterocycles. The second-order valence-electron chi connectivity index (χ2n) is 6.10. The van der Waals surface area contributed by atoms with Gasteiger partial charge in [-0.1, -0.05) is 30.3 Å². The lowest BCUT2D eigenvalue weighted by Crippen LogP contribution is -2.17.